The van der Waals surface area contributed by atoms with E-state index in [2.05, 4.69) is 9.97 Å². The van der Waals surface area contributed by atoms with Gasteiger partial charge in [0.2, 0.25) is 0 Å². The molecule has 0 bridgehead atoms. The monoisotopic (exact) mass is 318 g/mol. The number of methoxy groups -OCH3 is 1. The molecule has 0 N–H and O–H groups in total. The Morgan fingerprint density at radius 3 is 2.83 bits per heavy atom. The molecule has 0 fully saturated rings. The first-order valence-corrected chi connectivity index (χ1v) is 7.55. The molecule has 2 heterocycles. The first kappa shape index (κ1) is 14.4. The second kappa shape index (κ2) is 5.77. The van der Waals surface area contributed by atoms with Crippen LogP contribution in [0.2, 0.25) is 0 Å². The molecular weight excluding hydrogens is 304 g/mol. The Kier molecular flexibility index (Phi) is 3.46. The van der Waals surface area contributed by atoms with Crippen molar-refractivity contribution in [2.24, 2.45) is 0 Å². The van der Waals surface area contributed by atoms with Gasteiger partial charge in [0, 0.05) is 23.4 Å². The quantitative estimate of drug-likeness (QED) is 0.428. The first-order chi connectivity index (χ1) is 11.7. The zero-order valence-corrected chi connectivity index (χ0v) is 13.0. The number of aromatic nitrogens is 2. The fraction of sp³-hybridized carbons (Fsp3) is 0.105. The summed E-state index contributed by atoms with van der Waals surface area (Å²) in [4.78, 5) is 21.1. The lowest BCUT2D eigenvalue weighted by Crippen LogP contribution is -2.06. The van der Waals surface area contributed by atoms with E-state index in [-0.39, 0.29) is 0 Å². The molecule has 5 nitrogen and oxygen atoms in total. The van der Waals surface area contributed by atoms with Gasteiger partial charge >= 0.3 is 5.63 Å². The van der Waals surface area contributed by atoms with E-state index in [0.717, 1.165) is 16.7 Å². The van der Waals surface area contributed by atoms with Gasteiger partial charge in [0.05, 0.1) is 7.11 Å². The molecule has 2 aromatic heterocycles. The summed E-state index contributed by atoms with van der Waals surface area (Å²) in [6.07, 6.45) is 2.20. The molecule has 118 valence electrons. The van der Waals surface area contributed by atoms with Crippen molar-refractivity contribution < 1.29 is 9.15 Å². The average molecular weight is 318 g/mol. The van der Waals surface area contributed by atoms with Gasteiger partial charge in [-0.1, -0.05) is 30.3 Å². The van der Waals surface area contributed by atoms with Crippen LogP contribution in [0.15, 0.2) is 63.9 Å². The molecule has 0 saturated carbocycles. The molecule has 4 aromatic rings. The van der Waals surface area contributed by atoms with Crippen molar-refractivity contribution in [2.75, 3.05) is 7.11 Å². The topological polar surface area (TPSA) is 65.2 Å². The molecule has 5 heteroatoms. The molecule has 0 amide bonds. The SMILES string of the molecule is COc1cccc(Cc2ncc3c(n2)c(=O)oc2ccccc23)c1. The number of hydrogen-bond donors (Lipinski definition) is 0. The number of ether oxygens (including phenoxy) is 1. The Morgan fingerprint density at radius 2 is 1.96 bits per heavy atom. The van der Waals surface area contributed by atoms with Crippen LogP contribution in [-0.4, -0.2) is 17.1 Å². The zero-order chi connectivity index (χ0) is 16.5. The normalized spacial score (nSPS) is 11.0. The minimum absolute atomic E-state index is 0.307. The summed E-state index contributed by atoms with van der Waals surface area (Å²) in [5, 5.41) is 1.54. The summed E-state index contributed by atoms with van der Waals surface area (Å²) in [7, 11) is 1.63. The second-order valence-corrected chi connectivity index (χ2v) is 5.46. The summed E-state index contributed by atoms with van der Waals surface area (Å²) in [6.45, 7) is 0. The van der Waals surface area contributed by atoms with Crippen molar-refractivity contribution in [2.45, 2.75) is 6.42 Å². The largest absolute Gasteiger partial charge is 0.497 e. The summed E-state index contributed by atoms with van der Waals surface area (Å²) in [6, 6.07) is 15.1. The molecule has 4 rings (SSSR count). The highest BCUT2D eigenvalue weighted by Gasteiger charge is 2.10. The predicted octanol–water partition coefficient (Wildman–Crippen LogP) is 3.34. The van der Waals surface area contributed by atoms with Gasteiger partial charge in [0.15, 0.2) is 5.52 Å². The Labute approximate surface area is 137 Å². The van der Waals surface area contributed by atoms with Crippen LogP contribution in [0, 0.1) is 0 Å². The van der Waals surface area contributed by atoms with Crippen LogP contribution < -0.4 is 10.4 Å². The van der Waals surface area contributed by atoms with Crippen LogP contribution in [0.4, 0.5) is 0 Å². The standard InChI is InChI=1S/C19H14N2O3/c1-23-13-6-4-5-12(9-13)10-17-20-11-15-14-7-2-3-8-16(14)24-19(22)18(15)21-17/h2-9,11H,10H2,1H3. The lowest BCUT2D eigenvalue weighted by molar-refractivity contribution is 0.414. The van der Waals surface area contributed by atoms with Crippen LogP contribution >= 0.6 is 0 Å². The van der Waals surface area contributed by atoms with Crippen molar-refractivity contribution in [3.8, 4) is 5.75 Å². The van der Waals surface area contributed by atoms with Crippen molar-refractivity contribution in [1.29, 1.82) is 0 Å². The van der Waals surface area contributed by atoms with E-state index in [1.54, 1.807) is 19.4 Å². The molecule has 0 aliphatic rings. The fourth-order valence-corrected chi connectivity index (χ4v) is 2.75. The van der Waals surface area contributed by atoms with Gasteiger partial charge < -0.3 is 9.15 Å². The molecule has 2 aromatic carbocycles. The highest BCUT2D eigenvalue weighted by atomic mass is 16.5. The molecule has 0 aliphatic carbocycles. The lowest BCUT2D eigenvalue weighted by Gasteiger charge is -2.05. The van der Waals surface area contributed by atoms with Crippen LogP contribution in [0.5, 0.6) is 5.75 Å². The number of benzene rings is 2. The third-order valence-corrected chi connectivity index (χ3v) is 3.91. The first-order valence-electron chi connectivity index (χ1n) is 7.55. The number of fused-ring (bicyclic) bond motifs is 3. The van der Waals surface area contributed by atoms with Crippen LogP contribution in [0.25, 0.3) is 21.9 Å². The Bertz CT molecular complexity index is 1100. The molecule has 0 spiro atoms. The van der Waals surface area contributed by atoms with Gasteiger partial charge in [-0.15, -0.1) is 0 Å². The van der Waals surface area contributed by atoms with Crippen LogP contribution in [0.1, 0.15) is 11.4 Å². The number of rotatable bonds is 3. The summed E-state index contributed by atoms with van der Waals surface area (Å²) < 4.78 is 10.6. The van der Waals surface area contributed by atoms with Gasteiger partial charge in [-0.3, -0.25) is 0 Å². The van der Waals surface area contributed by atoms with Crippen molar-refractivity contribution >= 4 is 21.9 Å². The smallest absolute Gasteiger partial charge is 0.363 e. The van der Waals surface area contributed by atoms with Gasteiger partial charge in [-0.25, -0.2) is 14.8 Å². The van der Waals surface area contributed by atoms with Crippen molar-refractivity contribution in [3.63, 3.8) is 0 Å². The molecule has 0 saturated heterocycles. The zero-order valence-electron chi connectivity index (χ0n) is 13.0. The van der Waals surface area contributed by atoms with E-state index in [4.69, 9.17) is 9.15 Å². The third-order valence-electron chi connectivity index (χ3n) is 3.91. The maximum atomic E-state index is 12.2. The van der Waals surface area contributed by atoms with E-state index >= 15 is 0 Å². The van der Waals surface area contributed by atoms with E-state index in [1.165, 1.54) is 0 Å². The van der Waals surface area contributed by atoms with Crippen molar-refractivity contribution in [1.82, 2.24) is 9.97 Å². The fourth-order valence-electron chi connectivity index (χ4n) is 2.75. The van der Waals surface area contributed by atoms with Gasteiger partial charge in [0.1, 0.15) is 17.2 Å². The summed E-state index contributed by atoms with van der Waals surface area (Å²) in [5.74, 6) is 1.34. The van der Waals surface area contributed by atoms with E-state index in [9.17, 15) is 4.79 Å². The van der Waals surface area contributed by atoms with E-state index in [1.807, 2.05) is 42.5 Å². The average Bonchev–Trinajstić information content (AvgIpc) is 2.62. The highest BCUT2D eigenvalue weighted by Crippen LogP contribution is 2.21. The third kappa shape index (κ3) is 2.50. The van der Waals surface area contributed by atoms with Crippen molar-refractivity contribution in [3.05, 3.63) is 76.5 Å². The summed E-state index contributed by atoms with van der Waals surface area (Å²) >= 11 is 0. The molecular formula is C19H14N2O3. The van der Waals surface area contributed by atoms with E-state index < -0.39 is 5.63 Å². The van der Waals surface area contributed by atoms with Crippen LogP contribution in [0.3, 0.4) is 0 Å². The second-order valence-electron chi connectivity index (χ2n) is 5.46. The molecule has 0 atom stereocenters. The molecule has 0 radical (unpaired) electrons. The van der Waals surface area contributed by atoms with Gasteiger partial charge in [-0.05, 0) is 23.8 Å². The maximum absolute atomic E-state index is 12.2. The highest BCUT2D eigenvalue weighted by molar-refractivity contribution is 6.02. The molecule has 0 aliphatic heterocycles. The summed E-state index contributed by atoms with van der Waals surface area (Å²) in [5.41, 5.74) is 1.41. The Hall–Kier alpha value is -3.21. The minimum atomic E-state index is -0.446. The lowest BCUT2D eigenvalue weighted by atomic mass is 10.1. The molecule has 0 unspecified atom stereocenters. The predicted molar refractivity (Wildman–Crippen MR) is 91.4 cm³/mol. The molecule has 24 heavy (non-hydrogen) atoms. The number of para-hydroxylation sites is 1. The van der Waals surface area contributed by atoms with Gasteiger partial charge in [0.25, 0.3) is 0 Å². The Morgan fingerprint density at radius 1 is 1.08 bits per heavy atom. The van der Waals surface area contributed by atoms with E-state index in [0.29, 0.717) is 28.7 Å². The minimum Gasteiger partial charge on any atom is -0.497 e. The van der Waals surface area contributed by atoms with Gasteiger partial charge in [-0.2, -0.15) is 0 Å². The van der Waals surface area contributed by atoms with Crippen LogP contribution in [-0.2, 0) is 6.42 Å². The maximum Gasteiger partial charge on any atom is 0.363 e. The number of nitrogens with zero attached hydrogens (tertiary/aromatic N) is 2. The Balaban J connectivity index is 1.82. The number of hydrogen-bond acceptors (Lipinski definition) is 5.